The normalized spacial score (nSPS) is 16.2. The van der Waals surface area contributed by atoms with Gasteiger partial charge in [0.25, 0.3) is 0 Å². The fourth-order valence-electron chi connectivity index (χ4n) is 1.71. The van der Waals surface area contributed by atoms with Crippen molar-refractivity contribution in [2.45, 2.75) is 19.4 Å². The zero-order valence-electron chi connectivity index (χ0n) is 8.54. The van der Waals surface area contributed by atoms with Crippen molar-refractivity contribution in [3.63, 3.8) is 0 Å². The fourth-order valence-corrected chi connectivity index (χ4v) is 2.07. The molecular formula is C12H16IN. The molecule has 0 aromatic heterocycles. The van der Waals surface area contributed by atoms with Crippen molar-refractivity contribution < 1.29 is 0 Å². The number of nitrogens with zero attached hydrogens (tertiary/aromatic N) is 1. The number of halogens is 1. The van der Waals surface area contributed by atoms with Crippen molar-refractivity contribution >= 4 is 22.6 Å². The molecule has 0 bridgehead atoms. The average molecular weight is 301 g/mol. The second-order valence-corrected chi connectivity index (χ2v) is 5.51. The van der Waals surface area contributed by atoms with Gasteiger partial charge in [-0.1, -0.05) is 12.1 Å². The Kier molecular flexibility index (Phi) is 3.44. The smallest absolute Gasteiger partial charge is 0.0230 e. The summed E-state index contributed by atoms with van der Waals surface area (Å²) in [5, 5.41) is 0. The molecule has 1 aliphatic rings. The van der Waals surface area contributed by atoms with E-state index in [4.69, 9.17) is 0 Å². The molecule has 1 saturated carbocycles. The van der Waals surface area contributed by atoms with Gasteiger partial charge in [-0.25, -0.2) is 0 Å². The Bertz CT molecular complexity index is 290. The molecule has 0 amide bonds. The van der Waals surface area contributed by atoms with Crippen LogP contribution in [-0.2, 0) is 6.54 Å². The molecule has 1 aliphatic carbocycles. The number of hydrogen-bond donors (Lipinski definition) is 0. The second-order valence-electron chi connectivity index (χ2n) is 4.27. The number of hydrogen-bond acceptors (Lipinski definition) is 1. The minimum absolute atomic E-state index is 0.990. The summed E-state index contributed by atoms with van der Waals surface area (Å²) in [6.45, 7) is 2.36. The second kappa shape index (κ2) is 4.62. The lowest BCUT2D eigenvalue weighted by atomic mass is 10.2. The zero-order valence-corrected chi connectivity index (χ0v) is 10.7. The van der Waals surface area contributed by atoms with Crippen LogP contribution in [-0.4, -0.2) is 18.5 Å². The van der Waals surface area contributed by atoms with Crippen LogP contribution in [0.25, 0.3) is 0 Å². The molecular weight excluding hydrogens is 285 g/mol. The largest absolute Gasteiger partial charge is 0.302 e. The summed E-state index contributed by atoms with van der Waals surface area (Å²) in [5.41, 5.74) is 1.42. The van der Waals surface area contributed by atoms with Crippen molar-refractivity contribution in [3.05, 3.63) is 33.4 Å². The maximum atomic E-state index is 2.43. The van der Waals surface area contributed by atoms with Crippen molar-refractivity contribution in [1.82, 2.24) is 4.90 Å². The Hall–Kier alpha value is -0.0900. The van der Waals surface area contributed by atoms with Gasteiger partial charge in [0.15, 0.2) is 0 Å². The first-order chi connectivity index (χ1) is 6.74. The minimum atomic E-state index is 0.990. The van der Waals surface area contributed by atoms with Crippen LogP contribution in [0.3, 0.4) is 0 Å². The van der Waals surface area contributed by atoms with Gasteiger partial charge in [0, 0.05) is 16.7 Å². The quantitative estimate of drug-likeness (QED) is 0.772. The van der Waals surface area contributed by atoms with E-state index in [9.17, 15) is 0 Å². The summed E-state index contributed by atoms with van der Waals surface area (Å²) in [6, 6.07) is 8.82. The molecule has 0 radical (unpaired) electrons. The van der Waals surface area contributed by atoms with Gasteiger partial charge in [0.05, 0.1) is 0 Å². The van der Waals surface area contributed by atoms with E-state index >= 15 is 0 Å². The zero-order chi connectivity index (χ0) is 9.97. The van der Waals surface area contributed by atoms with Gasteiger partial charge in [-0.3, -0.25) is 0 Å². The SMILES string of the molecule is CN(Cc1ccc(I)cc1)CC1CC1. The van der Waals surface area contributed by atoms with Gasteiger partial charge in [-0.05, 0) is 66.1 Å². The van der Waals surface area contributed by atoms with E-state index in [0.29, 0.717) is 0 Å². The van der Waals surface area contributed by atoms with Crippen LogP contribution < -0.4 is 0 Å². The fraction of sp³-hybridized carbons (Fsp3) is 0.500. The molecule has 2 heteroatoms. The van der Waals surface area contributed by atoms with Gasteiger partial charge >= 0.3 is 0 Å². The monoisotopic (exact) mass is 301 g/mol. The van der Waals surface area contributed by atoms with Gasteiger partial charge in [0.2, 0.25) is 0 Å². The molecule has 0 heterocycles. The minimum Gasteiger partial charge on any atom is -0.302 e. The molecule has 1 fully saturated rings. The first-order valence-corrected chi connectivity index (χ1v) is 6.25. The van der Waals surface area contributed by atoms with Gasteiger partial charge < -0.3 is 4.90 Å². The highest BCUT2D eigenvalue weighted by Gasteiger charge is 2.22. The first-order valence-electron chi connectivity index (χ1n) is 5.17. The molecule has 1 aromatic rings. The van der Waals surface area contributed by atoms with E-state index in [0.717, 1.165) is 12.5 Å². The maximum Gasteiger partial charge on any atom is 0.0230 e. The number of rotatable bonds is 4. The van der Waals surface area contributed by atoms with Crippen LogP contribution in [0.4, 0.5) is 0 Å². The van der Waals surface area contributed by atoms with E-state index in [1.807, 2.05) is 0 Å². The highest BCUT2D eigenvalue weighted by atomic mass is 127. The third-order valence-corrected chi connectivity index (χ3v) is 3.35. The molecule has 2 rings (SSSR count). The van der Waals surface area contributed by atoms with Crippen molar-refractivity contribution in [2.24, 2.45) is 5.92 Å². The van der Waals surface area contributed by atoms with E-state index < -0.39 is 0 Å². The summed E-state index contributed by atoms with van der Waals surface area (Å²) in [7, 11) is 2.22. The molecule has 0 spiro atoms. The standard InChI is InChI=1S/C12H16IN/c1-14(8-10-2-3-10)9-11-4-6-12(13)7-5-11/h4-7,10H,2-3,8-9H2,1H3. The Morgan fingerprint density at radius 2 is 1.93 bits per heavy atom. The van der Waals surface area contributed by atoms with Crippen LogP contribution in [0.1, 0.15) is 18.4 Å². The predicted molar refractivity (Wildman–Crippen MR) is 68.2 cm³/mol. The molecule has 0 unspecified atom stereocenters. The summed E-state index contributed by atoms with van der Waals surface area (Å²) >= 11 is 2.35. The molecule has 1 aromatic carbocycles. The Morgan fingerprint density at radius 3 is 2.50 bits per heavy atom. The molecule has 0 saturated heterocycles. The Balaban J connectivity index is 1.85. The van der Waals surface area contributed by atoms with Crippen LogP contribution >= 0.6 is 22.6 Å². The van der Waals surface area contributed by atoms with Crippen molar-refractivity contribution in [1.29, 1.82) is 0 Å². The topological polar surface area (TPSA) is 3.24 Å². The molecule has 76 valence electrons. The highest BCUT2D eigenvalue weighted by Crippen LogP contribution is 2.29. The molecule has 0 N–H and O–H groups in total. The lowest BCUT2D eigenvalue weighted by Crippen LogP contribution is -2.20. The molecule has 0 aliphatic heterocycles. The summed E-state index contributed by atoms with van der Waals surface area (Å²) in [4.78, 5) is 2.43. The van der Waals surface area contributed by atoms with Crippen molar-refractivity contribution in [2.75, 3.05) is 13.6 Å². The van der Waals surface area contributed by atoms with E-state index in [1.165, 1.54) is 28.5 Å². The van der Waals surface area contributed by atoms with Gasteiger partial charge in [0.1, 0.15) is 0 Å². The van der Waals surface area contributed by atoms with Gasteiger partial charge in [-0.2, -0.15) is 0 Å². The molecule has 1 nitrogen and oxygen atoms in total. The highest BCUT2D eigenvalue weighted by molar-refractivity contribution is 14.1. The first kappa shape index (κ1) is 10.4. The molecule has 0 atom stereocenters. The number of benzene rings is 1. The third-order valence-electron chi connectivity index (χ3n) is 2.63. The lowest BCUT2D eigenvalue weighted by molar-refractivity contribution is 0.313. The van der Waals surface area contributed by atoms with Gasteiger partial charge in [-0.15, -0.1) is 0 Å². The summed E-state index contributed by atoms with van der Waals surface area (Å²) in [5.74, 6) is 0.990. The maximum absolute atomic E-state index is 2.43. The van der Waals surface area contributed by atoms with E-state index in [1.54, 1.807) is 0 Å². The third kappa shape index (κ3) is 3.24. The van der Waals surface area contributed by atoms with Crippen LogP contribution in [0.2, 0.25) is 0 Å². The van der Waals surface area contributed by atoms with Crippen LogP contribution in [0.5, 0.6) is 0 Å². The summed E-state index contributed by atoms with van der Waals surface area (Å²) in [6.07, 6.45) is 2.88. The summed E-state index contributed by atoms with van der Waals surface area (Å²) < 4.78 is 1.32. The van der Waals surface area contributed by atoms with E-state index in [-0.39, 0.29) is 0 Å². The van der Waals surface area contributed by atoms with Crippen LogP contribution in [0.15, 0.2) is 24.3 Å². The van der Waals surface area contributed by atoms with E-state index in [2.05, 4.69) is 58.8 Å². The van der Waals surface area contributed by atoms with Crippen molar-refractivity contribution in [3.8, 4) is 0 Å². The van der Waals surface area contributed by atoms with Crippen LogP contribution in [0, 0.1) is 9.49 Å². The molecule has 14 heavy (non-hydrogen) atoms. The Labute approximate surface area is 99.6 Å². The Morgan fingerprint density at radius 1 is 1.29 bits per heavy atom. The average Bonchev–Trinajstić information content (AvgIpc) is 2.93. The predicted octanol–water partition coefficient (Wildman–Crippen LogP) is 3.13. The lowest BCUT2D eigenvalue weighted by Gasteiger charge is -2.15.